The summed E-state index contributed by atoms with van der Waals surface area (Å²) < 4.78 is 16.5. The highest BCUT2D eigenvalue weighted by molar-refractivity contribution is 8.18. The van der Waals surface area contributed by atoms with E-state index in [-0.39, 0.29) is 27.8 Å². The van der Waals surface area contributed by atoms with E-state index in [0.717, 1.165) is 22.4 Å². The molecule has 0 saturated carbocycles. The van der Waals surface area contributed by atoms with Crippen molar-refractivity contribution in [3.05, 3.63) is 93.9 Å². The average molecular weight is 595 g/mol. The first-order valence-corrected chi connectivity index (χ1v) is 14.0. The monoisotopic (exact) mass is 594 g/mol. The van der Waals surface area contributed by atoms with Gasteiger partial charge in [0, 0.05) is 5.69 Å². The van der Waals surface area contributed by atoms with E-state index in [1.165, 1.54) is 18.2 Å². The van der Waals surface area contributed by atoms with Crippen molar-refractivity contribution in [2.75, 3.05) is 31.7 Å². The van der Waals surface area contributed by atoms with Gasteiger partial charge in [-0.05, 0) is 72.3 Å². The second-order valence-electron chi connectivity index (χ2n) is 8.73. The number of anilines is 1. The standard InChI is InChI=1S/C30H27ClN2O7S/c1-2-13-40-29(36)24-18-21(11-12-25(24)31)32-27(34)19-33-28(35)26(41-30(33)37)17-20-7-6-10-23(16-20)39-15-14-38-22-8-4-3-5-9-22/h3-12,16-18H,2,13-15,19H2,1H3,(H,32,34)/b26-17+. The summed E-state index contributed by atoms with van der Waals surface area (Å²) in [6.45, 7) is 2.28. The summed E-state index contributed by atoms with van der Waals surface area (Å²) >= 11 is 6.84. The average Bonchev–Trinajstić information content (AvgIpc) is 3.23. The van der Waals surface area contributed by atoms with Crippen LogP contribution in [0.2, 0.25) is 5.02 Å². The van der Waals surface area contributed by atoms with Crippen LogP contribution in [-0.2, 0) is 14.3 Å². The Morgan fingerprint density at radius 2 is 1.66 bits per heavy atom. The minimum atomic E-state index is -0.614. The highest BCUT2D eigenvalue weighted by Gasteiger charge is 2.36. The van der Waals surface area contributed by atoms with E-state index in [9.17, 15) is 19.2 Å². The van der Waals surface area contributed by atoms with Gasteiger partial charge in [0.15, 0.2) is 0 Å². The topological polar surface area (TPSA) is 111 Å². The number of nitrogens with one attached hydrogen (secondary N) is 1. The van der Waals surface area contributed by atoms with Gasteiger partial charge in [-0.2, -0.15) is 0 Å². The Labute approximate surface area is 246 Å². The normalized spacial score (nSPS) is 13.8. The summed E-state index contributed by atoms with van der Waals surface area (Å²) in [5, 5.41) is 2.20. The van der Waals surface area contributed by atoms with Gasteiger partial charge in [-0.1, -0.05) is 48.9 Å². The van der Waals surface area contributed by atoms with Crippen LogP contribution in [0.25, 0.3) is 6.08 Å². The number of ether oxygens (including phenoxy) is 3. The van der Waals surface area contributed by atoms with Gasteiger partial charge >= 0.3 is 5.97 Å². The number of carbonyl (C=O) groups is 4. The second kappa shape index (κ2) is 14.4. The molecule has 9 nitrogen and oxygen atoms in total. The summed E-state index contributed by atoms with van der Waals surface area (Å²) in [6, 6.07) is 20.8. The smallest absolute Gasteiger partial charge is 0.339 e. The molecule has 0 radical (unpaired) electrons. The van der Waals surface area contributed by atoms with Crippen LogP contribution in [-0.4, -0.2) is 54.3 Å². The first-order chi connectivity index (χ1) is 19.8. The van der Waals surface area contributed by atoms with Crippen LogP contribution in [0.3, 0.4) is 0 Å². The predicted molar refractivity (Wildman–Crippen MR) is 157 cm³/mol. The Morgan fingerprint density at radius 3 is 2.41 bits per heavy atom. The molecule has 0 aliphatic carbocycles. The third-order valence-corrected chi connectivity index (χ3v) is 6.84. The summed E-state index contributed by atoms with van der Waals surface area (Å²) in [6.07, 6.45) is 2.22. The van der Waals surface area contributed by atoms with E-state index in [1.807, 2.05) is 37.3 Å². The number of rotatable bonds is 12. The SMILES string of the molecule is CCCOC(=O)c1cc(NC(=O)CN2C(=O)S/C(=C/c3cccc(OCCOc4ccccc4)c3)C2=O)ccc1Cl. The largest absolute Gasteiger partial charge is 0.490 e. The van der Waals surface area contributed by atoms with Crippen molar-refractivity contribution in [1.82, 2.24) is 4.90 Å². The van der Waals surface area contributed by atoms with Crippen molar-refractivity contribution in [3.8, 4) is 11.5 Å². The summed E-state index contributed by atoms with van der Waals surface area (Å²) in [7, 11) is 0. The Bertz CT molecular complexity index is 1460. The van der Waals surface area contributed by atoms with E-state index < -0.39 is 29.6 Å². The fourth-order valence-corrected chi connectivity index (χ4v) is 4.73. The van der Waals surface area contributed by atoms with Crippen LogP contribution in [0, 0.1) is 0 Å². The first kappa shape index (κ1) is 29.7. The van der Waals surface area contributed by atoms with Crippen LogP contribution < -0.4 is 14.8 Å². The van der Waals surface area contributed by atoms with Crippen LogP contribution in [0.5, 0.6) is 11.5 Å². The summed E-state index contributed by atoms with van der Waals surface area (Å²) in [4.78, 5) is 51.4. The van der Waals surface area contributed by atoms with Crippen molar-refractivity contribution in [3.63, 3.8) is 0 Å². The molecule has 0 spiro atoms. The number of esters is 1. The summed E-state index contributed by atoms with van der Waals surface area (Å²) in [5.74, 6) is -0.484. The van der Waals surface area contributed by atoms with E-state index >= 15 is 0 Å². The molecule has 1 fully saturated rings. The van der Waals surface area contributed by atoms with Gasteiger partial charge < -0.3 is 19.5 Å². The molecule has 3 aromatic carbocycles. The van der Waals surface area contributed by atoms with Crippen molar-refractivity contribution >= 4 is 58.1 Å². The van der Waals surface area contributed by atoms with Gasteiger partial charge in [-0.25, -0.2) is 4.79 Å². The third kappa shape index (κ3) is 8.36. The van der Waals surface area contributed by atoms with Gasteiger partial charge in [0.25, 0.3) is 11.1 Å². The number of hydrogen-bond acceptors (Lipinski definition) is 8. The van der Waals surface area contributed by atoms with E-state index in [0.29, 0.717) is 30.9 Å². The molecule has 212 valence electrons. The summed E-state index contributed by atoms with van der Waals surface area (Å²) in [5.41, 5.74) is 1.03. The molecule has 4 rings (SSSR count). The number of benzene rings is 3. The Hall–Kier alpha value is -4.28. The maximum Gasteiger partial charge on any atom is 0.339 e. The second-order valence-corrected chi connectivity index (χ2v) is 10.1. The van der Waals surface area contributed by atoms with Crippen molar-refractivity contribution in [2.24, 2.45) is 0 Å². The molecule has 3 amide bonds. The van der Waals surface area contributed by atoms with Gasteiger partial charge in [-0.3, -0.25) is 19.3 Å². The molecule has 1 N–H and O–H groups in total. The van der Waals surface area contributed by atoms with Crippen LogP contribution in [0.1, 0.15) is 29.3 Å². The lowest BCUT2D eigenvalue weighted by atomic mass is 10.2. The molecule has 0 atom stereocenters. The number of nitrogens with zero attached hydrogens (tertiary/aromatic N) is 1. The number of para-hydroxylation sites is 1. The number of hydrogen-bond donors (Lipinski definition) is 1. The maximum atomic E-state index is 12.9. The van der Waals surface area contributed by atoms with E-state index in [1.54, 1.807) is 30.3 Å². The van der Waals surface area contributed by atoms with Gasteiger partial charge in [0.05, 0.1) is 22.1 Å². The van der Waals surface area contributed by atoms with Crippen LogP contribution >= 0.6 is 23.4 Å². The fraction of sp³-hybridized carbons (Fsp3) is 0.200. The Kier molecular flexibility index (Phi) is 10.4. The third-order valence-electron chi connectivity index (χ3n) is 5.60. The molecule has 0 unspecified atom stereocenters. The molecule has 3 aromatic rings. The van der Waals surface area contributed by atoms with Gasteiger partial charge in [0.2, 0.25) is 5.91 Å². The first-order valence-electron chi connectivity index (χ1n) is 12.8. The number of carbonyl (C=O) groups excluding carboxylic acids is 4. The van der Waals surface area contributed by atoms with Crippen molar-refractivity contribution in [1.29, 1.82) is 0 Å². The van der Waals surface area contributed by atoms with E-state index in [4.69, 9.17) is 25.8 Å². The number of amides is 3. The molecule has 0 bridgehead atoms. The number of thioether (sulfide) groups is 1. The molecule has 1 aliphatic heterocycles. The van der Waals surface area contributed by atoms with Crippen LogP contribution in [0.4, 0.5) is 10.5 Å². The zero-order chi connectivity index (χ0) is 29.2. The van der Waals surface area contributed by atoms with E-state index in [2.05, 4.69) is 5.32 Å². The van der Waals surface area contributed by atoms with Crippen LogP contribution in [0.15, 0.2) is 77.7 Å². The highest BCUT2D eigenvalue weighted by Crippen LogP contribution is 2.32. The lowest BCUT2D eigenvalue weighted by molar-refractivity contribution is -0.127. The lowest BCUT2D eigenvalue weighted by Gasteiger charge is -2.13. The minimum absolute atomic E-state index is 0.0990. The molecule has 1 saturated heterocycles. The zero-order valence-corrected chi connectivity index (χ0v) is 23.7. The Balaban J connectivity index is 1.33. The molecule has 41 heavy (non-hydrogen) atoms. The lowest BCUT2D eigenvalue weighted by Crippen LogP contribution is -2.36. The van der Waals surface area contributed by atoms with Gasteiger partial charge in [0.1, 0.15) is 31.3 Å². The Morgan fingerprint density at radius 1 is 0.927 bits per heavy atom. The van der Waals surface area contributed by atoms with Gasteiger partial charge in [-0.15, -0.1) is 0 Å². The minimum Gasteiger partial charge on any atom is -0.490 e. The molecule has 11 heteroatoms. The number of halogens is 1. The van der Waals surface area contributed by atoms with Crippen molar-refractivity contribution in [2.45, 2.75) is 13.3 Å². The predicted octanol–water partition coefficient (Wildman–Crippen LogP) is 6.04. The quantitative estimate of drug-likeness (QED) is 0.153. The molecule has 1 heterocycles. The van der Waals surface area contributed by atoms with Crippen molar-refractivity contribution < 1.29 is 33.4 Å². The molecular formula is C30H27ClN2O7S. The zero-order valence-electron chi connectivity index (χ0n) is 22.1. The fourth-order valence-electron chi connectivity index (χ4n) is 3.69. The molecule has 1 aliphatic rings. The molecular weight excluding hydrogens is 568 g/mol. The number of imide groups is 1. The molecule has 0 aromatic heterocycles. The highest BCUT2D eigenvalue weighted by atomic mass is 35.5. The maximum absolute atomic E-state index is 12.9.